The van der Waals surface area contributed by atoms with E-state index in [1.165, 1.54) is 0 Å². The van der Waals surface area contributed by atoms with Gasteiger partial charge in [-0.1, -0.05) is 31.5 Å². The Bertz CT molecular complexity index is 478. The lowest BCUT2D eigenvalue weighted by molar-refractivity contribution is 0.0849. The third-order valence-corrected chi connectivity index (χ3v) is 3.59. The maximum atomic E-state index is 12.3. The van der Waals surface area contributed by atoms with Crippen molar-refractivity contribution in [1.29, 1.82) is 0 Å². The van der Waals surface area contributed by atoms with Gasteiger partial charge in [-0.15, -0.1) is 0 Å². The number of hydrogen-bond acceptors (Lipinski definition) is 1. The first kappa shape index (κ1) is 12.8. The van der Waals surface area contributed by atoms with Crippen molar-refractivity contribution in [2.75, 3.05) is 6.54 Å². The molecule has 0 fully saturated rings. The highest BCUT2D eigenvalue weighted by Crippen LogP contribution is 2.38. The summed E-state index contributed by atoms with van der Waals surface area (Å²) in [6, 6.07) is 7.72. The van der Waals surface area contributed by atoms with Gasteiger partial charge in [0.1, 0.15) is 0 Å². The van der Waals surface area contributed by atoms with Crippen LogP contribution in [0.25, 0.3) is 5.70 Å². The molecule has 90 valence electrons. The van der Waals surface area contributed by atoms with Crippen molar-refractivity contribution in [3.05, 3.63) is 38.8 Å². The molecule has 0 spiro atoms. The zero-order valence-corrected chi connectivity index (χ0v) is 12.7. The molecule has 0 atom stereocenters. The van der Waals surface area contributed by atoms with Gasteiger partial charge in [0, 0.05) is 17.7 Å². The molecule has 1 aromatic rings. The summed E-state index contributed by atoms with van der Waals surface area (Å²) in [5.41, 5.74) is 2.73. The minimum atomic E-state index is 0.0976. The normalized spacial score (nSPS) is 14.2. The van der Waals surface area contributed by atoms with E-state index in [1.54, 1.807) is 0 Å². The molecule has 0 saturated carbocycles. The summed E-state index contributed by atoms with van der Waals surface area (Å²) in [7, 11) is 0. The highest BCUT2D eigenvalue weighted by Gasteiger charge is 2.32. The molecule has 2 nitrogen and oxygen atoms in total. The van der Waals surface area contributed by atoms with Gasteiger partial charge in [0.05, 0.1) is 9.09 Å². The van der Waals surface area contributed by atoms with E-state index >= 15 is 0 Å². The summed E-state index contributed by atoms with van der Waals surface area (Å²) in [6.07, 6.45) is 2.09. The van der Waals surface area contributed by atoms with Crippen molar-refractivity contribution in [1.82, 2.24) is 4.90 Å². The van der Waals surface area contributed by atoms with Crippen molar-refractivity contribution in [2.45, 2.75) is 19.8 Å². The van der Waals surface area contributed by atoms with Gasteiger partial charge >= 0.3 is 0 Å². The van der Waals surface area contributed by atoms with Crippen molar-refractivity contribution in [2.24, 2.45) is 0 Å². The summed E-state index contributed by atoms with van der Waals surface area (Å²) in [6.45, 7) is 2.89. The lowest BCUT2D eigenvalue weighted by Gasteiger charge is -2.18. The second-order valence-electron chi connectivity index (χ2n) is 3.96. The predicted molar refractivity (Wildman–Crippen MR) is 77.2 cm³/mol. The Balaban J connectivity index is 2.45. The predicted octanol–water partition coefficient (Wildman–Crippen LogP) is 4.36. The molecule has 1 aliphatic heterocycles. The summed E-state index contributed by atoms with van der Waals surface area (Å²) in [5.74, 6) is 0.0976. The lowest BCUT2D eigenvalue weighted by atomic mass is 10.1. The Labute approximate surface area is 118 Å². The third-order valence-electron chi connectivity index (χ3n) is 2.84. The van der Waals surface area contributed by atoms with Gasteiger partial charge in [0.15, 0.2) is 0 Å². The van der Waals surface area contributed by atoms with E-state index in [2.05, 4.69) is 38.8 Å². The van der Waals surface area contributed by atoms with E-state index in [0.29, 0.717) is 0 Å². The summed E-state index contributed by atoms with van der Waals surface area (Å²) in [4.78, 5) is 14.1. The fourth-order valence-corrected chi connectivity index (χ4v) is 2.86. The molecule has 1 aliphatic rings. The van der Waals surface area contributed by atoms with Crippen LogP contribution in [0.1, 0.15) is 35.7 Å². The number of amides is 1. The van der Waals surface area contributed by atoms with Crippen molar-refractivity contribution in [3.8, 4) is 0 Å². The van der Waals surface area contributed by atoms with Crippen LogP contribution in [-0.4, -0.2) is 17.4 Å². The number of carbonyl (C=O) groups excluding carboxylic acids is 1. The standard InChI is InChI=1S/C13H13Br2NO/c1-2-3-8-16-11(12(14)15)9-6-4-5-7-10(9)13(16)17/h4-7H,2-3,8H2,1H3. The van der Waals surface area contributed by atoms with E-state index in [9.17, 15) is 4.79 Å². The monoisotopic (exact) mass is 357 g/mol. The van der Waals surface area contributed by atoms with Crippen molar-refractivity contribution in [3.63, 3.8) is 0 Å². The molecule has 1 amide bonds. The fourth-order valence-electron chi connectivity index (χ4n) is 2.00. The topological polar surface area (TPSA) is 20.3 Å². The van der Waals surface area contributed by atoms with Gasteiger partial charge in [-0.2, -0.15) is 0 Å². The molecule has 0 aromatic heterocycles. The van der Waals surface area contributed by atoms with E-state index < -0.39 is 0 Å². The van der Waals surface area contributed by atoms with Crippen LogP contribution in [-0.2, 0) is 0 Å². The Morgan fingerprint density at radius 2 is 1.88 bits per heavy atom. The number of fused-ring (bicyclic) bond motifs is 1. The fraction of sp³-hybridized carbons (Fsp3) is 0.308. The molecule has 0 bridgehead atoms. The van der Waals surface area contributed by atoms with Gasteiger partial charge in [-0.25, -0.2) is 0 Å². The number of unbranched alkanes of at least 4 members (excludes halogenated alkanes) is 1. The Morgan fingerprint density at radius 3 is 2.47 bits per heavy atom. The van der Waals surface area contributed by atoms with Crippen LogP contribution < -0.4 is 0 Å². The molecule has 0 aliphatic carbocycles. The van der Waals surface area contributed by atoms with Crippen molar-refractivity contribution < 1.29 is 4.79 Å². The molecule has 2 rings (SSSR count). The quantitative estimate of drug-likeness (QED) is 0.786. The van der Waals surface area contributed by atoms with Crippen LogP contribution >= 0.6 is 31.9 Å². The molecule has 0 unspecified atom stereocenters. The average Bonchev–Trinajstić information content (AvgIpc) is 2.60. The second-order valence-corrected chi connectivity index (χ2v) is 6.62. The van der Waals surface area contributed by atoms with Gasteiger partial charge in [0.25, 0.3) is 5.91 Å². The molecule has 0 radical (unpaired) electrons. The number of nitrogens with zero attached hydrogens (tertiary/aromatic N) is 1. The lowest BCUT2D eigenvalue weighted by Crippen LogP contribution is -2.24. The van der Waals surface area contributed by atoms with Crippen LogP contribution in [0, 0.1) is 0 Å². The van der Waals surface area contributed by atoms with E-state index in [0.717, 1.165) is 39.6 Å². The molecule has 0 N–H and O–H groups in total. The van der Waals surface area contributed by atoms with Gasteiger partial charge in [0.2, 0.25) is 0 Å². The Morgan fingerprint density at radius 1 is 1.24 bits per heavy atom. The maximum Gasteiger partial charge on any atom is 0.259 e. The zero-order valence-electron chi connectivity index (χ0n) is 9.54. The third kappa shape index (κ3) is 2.33. The first-order valence-corrected chi connectivity index (χ1v) is 7.22. The molecule has 0 saturated heterocycles. The summed E-state index contributed by atoms with van der Waals surface area (Å²) < 4.78 is 0.833. The largest absolute Gasteiger partial charge is 0.306 e. The van der Waals surface area contributed by atoms with Gasteiger partial charge in [-0.05, 0) is 44.3 Å². The first-order valence-electron chi connectivity index (χ1n) is 5.63. The molecule has 1 heterocycles. The Kier molecular flexibility index (Phi) is 4.05. The van der Waals surface area contributed by atoms with Crippen LogP contribution in [0.5, 0.6) is 0 Å². The van der Waals surface area contributed by atoms with Gasteiger partial charge in [-0.3, -0.25) is 4.79 Å². The smallest absolute Gasteiger partial charge is 0.259 e. The number of benzene rings is 1. The molecular formula is C13H13Br2NO. The number of halogens is 2. The first-order chi connectivity index (χ1) is 8.16. The molecule has 17 heavy (non-hydrogen) atoms. The van der Waals surface area contributed by atoms with E-state index in [1.807, 2.05) is 29.2 Å². The minimum Gasteiger partial charge on any atom is -0.306 e. The van der Waals surface area contributed by atoms with Crippen LogP contribution in [0.2, 0.25) is 0 Å². The number of carbonyl (C=O) groups is 1. The van der Waals surface area contributed by atoms with Crippen LogP contribution in [0.4, 0.5) is 0 Å². The van der Waals surface area contributed by atoms with E-state index in [-0.39, 0.29) is 5.91 Å². The summed E-state index contributed by atoms with van der Waals surface area (Å²) in [5, 5.41) is 0. The highest BCUT2D eigenvalue weighted by molar-refractivity contribution is 9.28. The summed E-state index contributed by atoms with van der Waals surface area (Å²) >= 11 is 6.87. The number of hydrogen-bond donors (Lipinski definition) is 0. The van der Waals surface area contributed by atoms with Crippen LogP contribution in [0.3, 0.4) is 0 Å². The molecule has 1 aromatic carbocycles. The zero-order chi connectivity index (χ0) is 12.4. The second kappa shape index (κ2) is 5.36. The van der Waals surface area contributed by atoms with Crippen molar-refractivity contribution >= 4 is 43.5 Å². The number of rotatable bonds is 3. The average molecular weight is 359 g/mol. The van der Waals surface area contributed by atoms with E-state index in [4.69, 9.17) is 0 Å². The van der Waals surface area contributed by atoms with Gasteiger partial charge < -0.3 is 4.90 Å². The maximum absolute atomic E-state index is 12.3. The Hall–Kier alpha value is -0.610. The molecule has 4 heteroatoms. The molecular weight excluding hydrogens is 346 g/mol. The SMILES string of the molecule is CCCCN1C(=O)c2ccccc2C1=C(Br)Br. The van der Waals surface area contributed by atoms with Crippen LogP contribution in [0.15, 0.2) is 27.7 Å². The highest BCUT2D eigenvalue weighted by atomic mass is 79.9. The minimum absolute atomic E-state index is 0.0976.